The zero-order chi connectivity index (χ0) is 18.2. The van der Waals surface area contributed by atoms with Gasteiger partial charge in [0.2, 0.25) is 11.7 Å². The molecule has 7 atom stereocenters. The highest BCUT2D eigenvalue weighted by Crippen LogP contribution is 2.37. The minimum absolute atomic E-state index is 0.788. The Morgan fingerprint density at radius 1 is 1.39 bits per heavy atom. The lowest BCUT2D eigenvalue weighted by molar-refractivity contribution is -0.347. The van der Waals surface area contributed by atoms with E-state index in [1.54, 1.807) is 0 Å². The van der Waals surface area contributed by atoms with Crippen molar-refractivity contribution in [2.75, 3.05) is 6.61 Å². The number of nitrogens with two attached hydrogens (primary N) is 1. The maximum atomic E-state index is 11.5. The van der Waals surface area contributed by atoms with Gasteiger partial charge in [-0.15, -0.1) is 0 Å². The zero-order valence-corrected chi connectivity index (χ0v) is 12.6. The maximum absolute atomic E-state index is 11.5. The number of ether oxygens (including phenoxy) is 1. The quantitative estimate of drug-likeness (QED) is 0.241. The van der Waals surface area contributed by atoms with Crippen LogP contribution in [0.5, 0.6) is 0 Å². The Kier molecular flexibility index (Phi) is 5.70. The van der Waals surface area contributed by atoms with E-state index in [9.17, 15) is 40.2 Å². The number of hydrogen-bond acceptors (Lipinski definition) is 9. The van der Waals surface area contributed by atoms with E-state index in [0.717, 1.165) is 13.8 Å². The normalized spacial score (nSPS) is 38.4. The Morgan fingerprint density at radius 2 is 1.91 bits per heavy atom. The Labute approximate surface area is 131 Å². The Balaban J connectivity index is 3.49. The van der Waals surface area contributed by atoms with Crippen molar-refractivity contribution in [1.29, 1.82) is 0 Å². The van der Waals surface area contributed by atoms with Crippen molar-refractivity contribution in [3.05, 3.63) is 0 Å². The molecule has 1 rings (SSSR count). The molecule has 0 aliphatic carbocycles. The van der Waals surface area contributed by atoms with Crippen LogP contribution in [0.1, 0.15) is 13.8 Å². The van der Waals surface area contributed by atoms with Crippen LogP contribution in [-0.4, -0.2) is 90.9 Å². The first-order valence-electron chi connectivity index (χ1n) is 6.78. The van der Waals surface area contributed by atoms with Crippen LogP contribution in [0, 0.1) is 0 Å². The molecule has 1 fully saturated rings. The van der Waals surface area contributed by atoms with Crippen LogP contribution in [0.2, 0.25) is 0 Å². The average Bonchev–Trinajstić information content (AvgIpc) is 2.45. The van der Waals surface area contributed by atoms with Gasteiger partial charge in [0.05, 0.1) is 12.7 Å². The molecule has 0 aromatic rings. The zero-order valence-electron chi connectivity index (χ0n) is 12.6. The van der Waals surface area contributed by atoms with E-state index in [4.69, 9.17) is 10.5 Å². The maximum Gasteiger partial charge on any atom is 0.332 e. The second-order valence-corrected chi connectivity index (χ2v) is 5.54. The van der Waals surface area contributed by atoms with E-state index in [-0.39, 0.29) is 0 Å². The van der Waals surface area contributed by atoms with Crippen molar-refractivity contribution in [3.63, 3.8) is 0 Å². The van der Waals surface area contributed by atoms with Crippen molar-refractivity contribution in [2.45, 2.75) is 55.6 Å². The summed E-state index contributed by atoms with van der Waals surface area (Å²) in [5.74, 6) is -5.69. The number of aliphatic hydroxyl groups is 5. The molecule has 1 aliphatic rings. The monoisotopic (exact) mass is 338 g/mol. The van der Waals surface area contributed by atoms with Gasteiger partial charge in [0.25, 0.3) is 0 Å². The highest BCUT2D eigenvalue weighted by atomic mass is 16.7. The van der Waals surface area contributed by atoms with Gasteiger partial charge in [-0.3, -0.25) is 4.79 Å². The van der Waals surface area contributed by atoms with E-state index in [2.05, 4.69) is 5.32 Å². The number of nitrogens with one attached hydrogen (secondary N) is 1. The molecule has 0 bridgehead atoms. The van der Waals surface area contributed by atoms with Crippen molar-refractivity contribution in [3.8, 4) is 0 Å². The molecule has 0 saturated carbocycles. The minimum Gasteiger partial charge on any atom is -0.480 e. The predicted molar refractivity (Wildman–Crippen MR) is 72.8 cm³/mol. The lowest BCUT2D eigenvalue weighted by atomic mass is 9.75. The molecule has 1 heterocycles. The predicted octanol–water partition coefficient (Wildman–Crippen LogP) is -4.54. The van der Waals surface area contributed by atoms with Crippen LogP contribution in [-0.2, 0) is 14.3 Å². The van der Waals surface area contributed by atoms with Crippen LogP contribution in [0.15, 0.2) is 0 Å². The molecule has 9 N–H and O–H groups in total. The highest BCUT2D eigenvalue weighted by Gasteiger charge is 2.68. The SMILES string of the molecule is CC(=O)N[C@@H]1[C@@H](O)[C@H](O)[C@@H](CO)O[C@]1(O)[C@@](N)(C(=O)O)C(C)O. The molecule has 0 spiro atoms. The third kappa shape index (κ3) is 3.04. The number of amides is 1. The van der Waals surface area contributed by atoms with Gasteiger partial charge in [-0.25, -0.2) is 4.79 Å². The van der Waals surface area contributed by atoms with Crippen molar-refractivity contribution >= 4 is 11.9 Å². The molecular weight excluding hydrogens is 316 g/mol. The van der Waals surface area contributed by atoms with E-state index < -0.39 is 60.3 Å². The van der Waals surface area contributed by atoms with Crippen molar-refractivity contribution < 1.29 is 45.0 Å². The van der Waals surface area contributed by atoms with Crippen LogP contribution >= 0.6 is 0 Å². The van der Waals surface area contributed by atoms with Gasteiger partial charge in [0, 0.05) is 6.92 Å². The number of carbonyl (C=O) groups is 2. The minimum atomic E-state index is -3.02. The van der Waals surface area contributed by atoms with Gasteiger partial charge in [-0.05, 0) is 6.92 Å². The van der Waals surface area contributed by atoms with Crippen molar-refractivity contribution in [1.82, 2.24) is 5.32 Å². The van der Waals surface area contributed by atoms with Gasteiger partial charge < -0.3 is 46.4 Å². The number of carbonyl (C=O) groups excluding carboxylic acids is 1. The summed E-state index contributed by atoms with van der Waals surface area (Å²) < 4.78 is 5.02. The largest absolute Gasteiger partial charge is 0.480 e. The smallest absolute Gasteiger partial charge is 0.332 e. The summed E-state index contributed by atoms with van der Waals surface area (Å²) in [4.78, 5) is 22.8. The molecule has 1 saturated heterocycles. The number of aliphatic hydroxyl groups excluding tert-OH is 4. The number of aliphatic carboxylic acids is 1. The standard InChI is InChI=1S/C12H22N2O9/c1-4(16)11(13,10(20)21)12(22)9(14-5(2)17)8(19)7(18)6(3-15)23-12/h4,6-9,15-16,18-19,22H,3,13H2,1-2H3,(H,14,17)(H,20,21)/t4?,6-,7-,8+,9-,11+,12+/m1/s1. The number of carboxylic acid groups (broad SMARTS) is 1. The first-order valence-corrected chi connectivity index (χ1v) is 6.78. The Hall–Kier alpha value is -1.34. The second-order valence-electron chi connectivity index (χ2n) is 5.54. The molecule has 0 aromatic carbocycles. The average molecular weight is 338 g/mol. The Morgan fingerprint density at radius 3 is 2.26 bits per heavy atom. The fourth-order valence-corrected chi connectivity index (χ4v) is 2.56. The Bertz CT molecular complexity index is 473. The molecule has 1 aliphatic heterocycles. The summed E-state index contributed by atoms with van der Waals surface area (Å²) in [6.45, 7) is 1.09. The third-order valence-electron chi connectivity index (χ3n) is 3.97. The van der Waals surface area contributed by atoms with E-state index in [1.807, 2.05) is 0 Å². The summed E-state index contributed by atoms with van der Waals surface area (Å²) in [7, 11) is 0. The summed E-state index contributed by atoms with van der Waals surface area (Å²) >= 11 is 0. The molecule has 1 unspecified atom stereocenters. The van der Waals surface area contributed by atoms with E-state index in [0.29, 0.717) is 0 Å². The van der Waals surface area contributed by atoms with Gasteiger partial charge in [-0.1, -0.05) is 0 Å². The van der Waals surface area contributed by atoms with Gasteiger partial charge in [-0.2, -0.15) is 0 Å². The lowest BCUT2D eigenvalue weighted by Crippen LogP contribution is -2.83. The third-order valence-corrected chi connectivity index (χ3v) is 3.97. The molecule has 134 valence electrons. The van der Waals surface area contributed by atoms with Crippen molar-refractivity contribution in [2.24, 2.45) is 5.73 Å². The van der Waals surface area contributed by atoms with E-state index in [1.165, 1.54) is 0 Å². The second kappa shape index (κ2) is 6.65. The van der Waals surface area contributed by atoms with Gasteiger partial charge in [0.1, 0.15) is 24.4 Å². The molecule has 11 nitrogen and oxygen atoms in total. The first kappa shape index (κ1) is 19.7. The highest BCUT2D eigenvalue weighted by molar-refractivity contribution is 5.82. The van der Waals surface area contributed by atoms with E-state index >= 15 is 0 Å². The fraction of sp³-hybridized carbons (Fsp3) is 0.833. The topological polar surface area (TPSA) is 203 Å². The van der Waals surface area contributed by atoms with Crippen LogP contribution in [0.4, 0.5) is 0 Å². The summed E-state index contributed by atoms with van der Waals surface area (Å²) in [6, 6.07) is -1.88. The van der Waals surface area contributed by atoms with Crippen LogP contribution in [0.3, 0.4) is 0 Å². The summed E-state index contributed by atoms with van der Waals surface area (Å²) in [5.41, 5.74) is 2.75. The molecule has 23 heavy (non-hydrogen) atoms. The summed E-state index contributed by atoms with van der Waals surface area (Å²) in [6.07, 6.45) is -7.15. The lowest BCUT2D eigenvalue weighted by Gasteiger charge is -2.53. The number of rotatable bonds is 5. The van der Waals surface area contributed by atoms with Gasteiger partial charge >= 0.3 is 5.97 Å². The molecule has 0 aromatic heterocycles. The molecular formula is C12H22N2O9. The van der Waals surface area contributed by atoms with Crippen LogP contribution < -0.4 is 11.1 Å². The fourth-order valence-electron chi connectivity index (χ4n) is 2.56. The first-order chi connectivity index (χ1) is 10.4. The number of carboxylic acids is 1. The summed E-state index contributed by atoms with van der Waals surface area (Å²) in [5, 5.41) is 61.0. The number of hydrogen-bond donors (Lipinski definition) is 8. The molecule has 0 radical (unpaired) electrons. The van der Waals surface area contributed by atoms with Crippen LogP contribution in [0.25, 0.3) is 0 Å². The van der Waals surface area contributed by atoms with Gasteiger partial charge in [0.15, 0.2) is 5.54 Å². The molecule has 11 heteroatoms. The molecule has 1 amide bonds.